The quantitative estimate of drug-likeness (QED) is 0.834. The van der Waals surface area contributed by atoms with Crippen molar-refractivity contribution in [1.82, 2.24) is 9.88 Å². The predicted octanol–water partition coefficient (Wildman–Crippen LogP) is 2.16. The first kappa shape index (κ1) is 15.8. The Morgan fingerprint density at radius 2 is 2.05 bits per heavy atom. The van der Waals surface area contributed by atoms with E-state index < -0.39 is 5.97 Å². The molecule has 0 atom stereocenters. The highest BCUT2D eigenvalue weighted by Crippen LogP contribution is 2.13. The maximum atomic E-state index is 10.8. The number of nitrogens with zero attached hydrogens (tertiary/aromatic N) is 3. The van der Waals surface area contributed by atoms with Gasteiger partial charge in [0.05, 0.1) is 6.42 Å². The van der Waals surface area contributed by atoms with Gasteiger partial charge in [0.15, 0.2) is 0 Å². The lowest BCUT2D eigenvalue weighted by Gasteiger charge is -2.30. The molecule has 2 heterocycles. The van der Waals surface area contributed by atoms with Gasteiger partial charge in [-0.1, -0.05) is 12.5 Å². The summed E-state index contributed by atoms with van der Waals surface area (Å²) in [5.74, 6) is 0.115. The molecule has 1 aromatic heterocycles. The Morgan fingerprint density at radius 1 is 1.29 bits per heavy atom. The zero-order valence-corrected chi connectivity index (χ0v) is 12.8. The molecule has 1 aliphatic heterocycles. The van der Waals surface area contributed by atoms with Crippen LogP contribution >= 0.6 is 0 Å². The van der Waals surface area contributed by atoms with Gasteiger partial charge in [-0.05, 0) is 44.5 Å². The van der Waals surface area contributed by atoms with Crippen LogP contribution in [0, 0.1) is 6.92 Å². The monoisotopic (exact) mass is 291 g/mol. The standard InChI is InChI=1S/C16H25N3O2/c1-14-5-6-15(17-13-14)19(10-7-16(20)21)12-11-18-8-3-2-4-9-18/h5-6,13H,2-4,7-12H2,1H3,(H,20,21). The molecule has 0 bridgehead atoms. The molecule has 2 rings (SSSR count). The first-order chi connectivity index (χ1) is 10.1. The SMILES string of the molecule is Cc1ccc(N(CCC(=O)O)CCN2CCCCC2)nc1. The van der Waals surface area contributed by atoms with Crippen molar-refractivity contribution in [3.63, 3.8) is 0 Å². The lowest BCUT2D eigenvalue weighted by Crippen LogP contribution is -2.39. The summed E-state index contributed by atoms with van der Waals surface area (Å²) in [6.07, 6.45) is 5.87. The van der Waals surface area contributed by atoms with Crippen molar-refractivity contribution < 1.29 is 9.90 Å². The smallest absolute Gasteiger partial charge is 0.305 e. The molecule has 0 unspecified atom stereocenters. The average molecular weight is 291 g/mol. The second kappa shape index (κ2) is 7.98. The van der Waals surface area contributed by atoms with Crippen molar-refractivity contribution in [3.05, 3.63) is 23.9 Å². The molecule has 5 heteroatoms. The minimum Gasteiger partial charge on any atom is -0.481 e. The Balaban J connectivity index is 1.93. The first-order valence-electron chi connectivity index (χ1n) is 7.77. The van der Waals surface area contributed by atoms with Crippen LogP contribution in [-0.4, -0.2) is 53.7 Å². The molecule has 0 amide bonds. The van der Waals surface area contributed by atoms with E-state index in [2.05, 4.69) is 14.8 Å². The van der Waals surface area contributed by atoms with Crippen LogP contribution in [0.2, 0.25) is 0 Å². The molecular weight excluding hydrogens is 266 g/mol. The van der Waals surface area contributed by atoms with Crippen LogP contribution in [0.25, 0.3) is 0 Å². The molecule has 0 saturated carbocycles. The van der Waals surface area contributed by atoms with Crippen LogP contribution in [0.15, 0.2) is 18.3 Å². The lowest BCUT2D eigenvalue weighted by molar-refractivity contribution is -0.136. The van der Waals surface area contributed by atoms with E-state index in [1.165, 1.54) is 19.3 Å². The molecule has 1 fully saturated rings. The minimum atomic E-state index is -0.759. The van der Waals surface area contributed by atoms with Crippen LogP contribution in [0.3, 0.4) is 0 Å². The Labute approximate surface area is 126 Å². The summed E-state index contributed by atoms with van der Waals surface area (Å²) in [5, 5.41) is 8.91. The van der Waals surface area contributed by atoms with Crippen molar-refractivity contribution in [2.75, 3.05) is 37.6 Å². The zero-order chi connectivity index (χ0) is 15.1. The number of piperidine rings is 1. The summed E-state index contributed by atoms with van der Waals surface area (Å²) >= 11 is 0. The van der Waals surface area contributed by atoms with Crippen LogP contribution in [0.4, 0.5) is 5.82 Å². The number of hydrogen-bond donors (Lipinski definition) is 1. The van der Waals surface area contributed by atoms with Crippen molar-refractivity contribution in [3.8, 4) is 0 Å². The van der Waals surface area contributed by atoms with Crippen molar-refractivity contribution in [1.29, 1.82) is 0 Å². The second-order valence-corrected chi connectivity index (χ2v) is 5.73. The molecule has 116 valence electrons. The second-order valence-electron chi connectivity index (χ2n) is 5.73. The van der Waals surface area contributed by atoms with E-state index in [1.807, 2.05) is 25.3 Å². The van der Waals surface area contributed by atoms with Crippen LogP contribution in [0.5, 0.6) is 0 Å². The maximum absolute atomic E-state index is 10.8. The normalized spacial score (nSPS) is 15.9. The molecule has 1 N–H and O–H groups in total. The number of likely N-dealkylation sites (tertiary alicyclic amines) is 1. The van der Waals surface area contributed by atoms with Crippen molar-refractivity contribution in [2.24, 2.45) is 0 Å². The number of carboxylic acids is 1. The molecule has 1 aromatic rings. The Kier molecular flexibility index (Phi) is 5.99. The highest BCUT2D eigenvalue weighted by atomic mass is 16.4. The molecule has 1 aliphatic rings. The van der Waals surface area contributed by atoms with E-state index in [1.54, 1.807) is 0 Å². The molecule has 0 aliphatic carbocycles. The molecule has 0 radical (unpaired) electrons. The van der Waals surface area contributed by atoms with Gasteiger partial charge in [-0.2, -0.15) is 0 Å². The summed E-state index contributed by atoms with van der Waals surface area (Å²) in [5.41, 5.74) is 1.12. The van der Waals surface area contributed by atoms with Gasteiger partial charge < -0.3 is 14.9 Å². The predicted molar refractivity (Wildman–Crippen MR) is 83.7 cm³/mol. The first-order valence-corrected chi connectivity index (χ1v) is 7.77. The van der Waals surface area contributed by atoms with E-state index in [-0.39, 0.29) is 6.42 Å². The number of pyridine rings is 1. The third-order valence-corrected chi connectivity index (χ3v) is 3.95. The largest absolute Gasteiger partial charge is 0.481 e. The fourth-order valence-electron chi connectivity index (χ4n) is 2.66. The Hall–Kier alpha value is -1.62. The summed E-state index contributed by atoms with van der Waals surface area (Å²) in [6.45, 7) is 6.66. The van der Waals surface area contributed by atoms with E-state index in [9.17, 15) is 4.79 Å². The lowest BCUT2D eigenvalue weighted by atomic mass is 10.1. The number of rotatable bonds is 7. The van der Waals surface area contributed by atoms with Crippen LogP contribution < -0.4 is 4.90 Å². The average Bonchev–Trinajstić information content (AvgIpc) is 2.49. The van der Waals surface area contributed by atoms with E-state index in [0.717, 1.165) is 37.6 Å². The van der Waals surface area contributed by atoms with E-state index >= 15 is 0 Å². The van der Waals surface area contributed by atoms with Gasteiger partial charge in [0.25, 0.3) is 0 Å². The maximum Gasteiger partial charge on any atom is 0.305 e. The number of aryl methyl sites for hydroxylation is 1. The molecular formula is C16H25N3O2. The van der Waals surface area contributed by atoms with E-state index in [0.29, 0.717) is 6.54 Å². The van der Waals surface area contributed by atoms with Crippen LogP contribution in [-0.2, 0) is 4.79 Å². The number of hydrogen-bond acceptors (Lipinski definition) is 4. The van der Waals surface area contributed by atoms with Gasteiger partial charge in [0.1, 0.15) is 5.82 Å². The fraction of sp³-hybridized carbons (Fsp3) is 0.625. The number of anilines is 1. The highest BCUT2D eigenvalue weighted by Gasteiger charge is 2.14. The molecule has 0 aromatic carbocycles. The number of aromatic nitrogens is 1. The molecule has 0 spiro atoms. The summed E-state index contributed by atoms with van der Waals surface area (Å²) in [7, 11) is 0. The summed E-state index contributed by atoms with van der Waals surface area (Å²) < 4.78 is 0. The summed E-state index contributed by atoms with van der Waals surface area (Å²) in [6, 6.07) is 4.00. The molecule has 1 saturated heterocycles. The number of aliphatic carboxylic acids is 1. The third kappa shape index (κ3) is 5.34. The van der Waals surface area contributed by atoms with Gasteiger partial charge in [-0.15, -0.1) is 0 Å². The van der Waals surface area contributed by atoms with Gasteiger partial charge in [-0.25, -0.2) is 4.98 Å². The van der Waals surface area contributed by atoms with Crippen molar-refractivity contribution >= 4 is 11.8 Å². The zero-order valence-electron chi connectivity index (χ0n) is 12.8. The van der Waals surface area contributed by atoms with Gasteiger partial charge in [0, 0.05) is 25.8 Å². The van der Waals surface area contributed by atoms with Gasteiger partial charge in [0.2, 0.25) is 0 Å². The number of carboxylic acid groups (broad SMARTS) is 1. The number of carbonyl (C=O) groups is 1. The molecule has 5 nitrogen and oxygen atoms in total. The molecule has 21 heavy (non-hydrogen) atoms. The fourth-order valence-corrected chi connectivity index (χ4v) is 2.66. The Morgan fingerprint density at radius 3 is 2.67 bits per heavy atom. The summed E-state index contributed by atoms with van der Waals surface area (Å²) in [4.78, 5) is 19.8. The topological polar surface area (TPSA) is 56.7 Å². The Bertz CT molecular complexity index is 441. The van der Waals surface area contributed by atoms with Gasteiger partial charge in [-0.3, -0.25) is 4.79 Å². The highest BCUT2D eigenvalue weighted by molar-refractivity contribution is 5.67. The van der Waals surface area contributed by atoms with Crippen LogP contribution in [0.1, 0.15) is 31.2 Å². The third-order valence-electron chi connectivity index (χ3n) is 3.95. The van der Waals surface area contributed by atoms with E-state index in [4.69, 9.17) is 5.11 Å². The minimum absolute atomic E-state index is 0.148. The van der Waals surface area contributed by atoms with Crippen molar-refractivity contribution in [2.45, 2.75) is 32.6 Å². The van der Waals surface area contributed by atoms with Gasteiger partial charge >= 0.3 is 5.97 Å².